The predicted octanol–water partition coefficient (Wildman–Crippen LogP) is 3.39. The molecule has 0 saturated heterocycles. The summed E-state index contributed by atoms with van der Waals surface area (Å²) in [6.07, 6.45) is 4.38. The molecule has 0 heterocycles. The van der Waals surface area contributed by atoms with Crippen molar-refractivity contribution in [3.05, 3.63) is 28.2 Å². The van der Waals surface area contributed by atoms with Gasteiger partial charge >= 0.3 is 11.8 Å². The first-order valence-electron chi connectivity index (χ1n) is 7.35. The van der Waals surface area contributed by atoms with Gasteiger partial charge in [-0.2, -0.15) is 0 Å². The van der Waals surface area contributed by atoms with E-state index in [0.717, 1.165) is 29.3 Å². The van der Waals surface area contributed by atoms with Gasteiger partial charge in [-0.1, -0.05) is 25.8 Å². The van der Waals surface area contributed by atoms with Gasteiger partial charge in [0.25, 0.3) is 0 Å². The Morgan fingerprint density at radius 3 is 2.57 bits per heavy atom. The third-order valence-electron chi connectivity index (χ3n) is 4.01. The van der Waals surface area contributed by atoms with Gasteiger partial charge in [0.15, 0.2) is 0 Å². The van der Waals surface area contributed by atoms with E-state index in [2.05, 4.69) is 33.5 Å². The third kappa shape index (κ3) is 4.30. The highest BCUT2D eigenvalue weighted by atomic mass is 79.9. The van der Waals surface area contributed by atoms with E-state index in [1.165, 1.54) is 6.42 Å². The number of rotatable bonds is 2. The number of benzene rings is 1. The van der Waals surface area contributed by atoms with Crippen LogP contribution >= 0.6 is 15.9 Å². The summed E-state index contributed by atoms with van der Waals surface area (Å²) in [6, 6.07) is 5.69. The van der Waals surface area contributed by atoms with Crippen molar-refractivity contribution in [2.45, 2.75) is 45.6 Å². The Labute approximate surface area is 133 Å². The lowest BCUT2D eigenvalue weighted by Crippen LogP contribution is -2.45. The SMILES string of the molecule is Cc1ccc(NC(=O)C(=O)N[C@@H]2CCCC[C@@H]2C)c(Br)c1. The van der Waals surface area contributed by atoms with Crippen molar-refractivity contribution in [3.8, 4) is 0 Å². The van der Waals surface area contributed by atoms with Crippen molar-refractivity contribution >= 4 is 33.4 Å². The van der Waals surface area contributed by atoms with Crippen LogP contribution in [0.1, 0.15) is 38.2 Å². The molecule has 2 atom stereocenters. The van der Waals surface area contributed by atoms with E-state index in [1.54, 1.807) is 6.07 Å². The van der Waals surface area contributed by atoms with Gasteiger partial charge in [-0.05, 0) is 59.3 Å². The normalized spacial score (nSPS) is 21.7. The van der Waals surface area contributed by atoms with E-state index in [1.807, 2.05) is 19.1 Å². The second-order valence-electron chi connectivity index (χ2n) is 5.78. The van der Waals surface area contributed by atoms with Crippen LogP contribution in [-0.4, -0.2) is 17.9 Å². The molecule has 0 unspecified atom stereocenters. The lowest BCUT2D eigenvalue weighted by atomic mass is 9.86. The van der Waals surface area contributed by atoms with Gasteiger partial charge in [0.1, 0.15) is 0 Å². The van der Waals surface area contributed by atoms with Crippen LogP contribution in [0, 0.1) is 12.8 Å². The van der Waals surface area contributed by atoms with E-state index >= 15 is 0 Å². The van der Waals surface area contributed by atoms with E-state index in [4.69, 9.17) is 0 Å². The molecule has 5 heteroatoms. The fourth-order valence-corrected chi connectivity index (χ4v) is 3.26. The van der Waals surface area contributed by atoms with Crippen LogP contribution in [0.25, 0.3) is 0 Å². The summed E-state index contributed by atoms with van der Waals surface area (Å²) >= 11 is 3.39. The molecule has 21 heavy (non-hydrogen) atoms. The van der Waals surface area contributed by atoms with Crippen LogP contribution in [0.15, 0.2) is 22.7 Å². The number of aryl methyl sites for hydroxylation is 1. The molecule has 0 spiro atoms. The largest absolute Gasteiger partial charge is 0.345 e. The number of halogens is 1. The van der Waals surface area contributed by atoms with Crippen LogP contribution in [0.2, 0.25) is 0 Å². The first-order valence-corrected chi connectivity index (χ1v) is 8.14. The van der Waals surface area contributed by atoms with Crippen molar-refractivity contribution in [1.82, 2.24) is 5.32 Å². The average molecular weight is 353 g/mol. The van der Waals surface area contributed by atoms with Gasteiger partial charge in [-0.3, -0.25) is 9.59 Å². The van der Waals surface area contributed by atoms with Gasteiger partial charge in [0.2, 0.25) is 0 Å². The Morgan fingerprint density at radius 2 is 1.90 bits per heavy atom. The molecule has 0 aliphatic heterocycles. The van der Waals surface area contributed by atoms with Gasteiger partial charge in [-0.15, -0.1) is 0 Å². The Morgan fingerprint density at radius 1 is 1.19 bits per heavy atom. The molecule has 1 aliphatic carbocycles. The minimum absolute atomic E-state index is 0.110. The van der Waals surface area contributed by atoms with Crippen molar-refractivity contribution in [2.24, 2.45) is 5.92 Å². The molecule has 2 N–H and O–H groups in total. The van der Waals surface area contributed by atoms with Crippen molar-refractivity contribution in [3.63, 3.8) is 0 Å². The maximum absolute atomic E-state index is 12.0. The number of anilines is 1. The zero-order valence-corrected chi connectivity index (χ0v) is 14.0. The van der Waals surface area contributed by atoms with Gasteiger partial charge < -0.3 is 10.6 Å². The fraction of sp³-hybridized carbons (Fsp3) is 0.500. The summed E-state index contributed by atoms with van der Waals surface area (Å²) in [7, 11) is 0. The summed E-state index contributed by atoms with van der Waals surface area (Å²) in [5.41, 5.74) is 1.69. The first-order chi connectivity index (χ1) is 9.97. The highest BCUT2D eigenvalue weighted by Gasteiger charge is 2.25. The lowest BCUT2D eigenvalue weighted by Gasteiger charge is -2.29. The molecule has 1 fully saturated rings. The van der Waals surface area contributed by atoms with Crippen LogP contribution in [0.5, 0.6) is 0 Å². The van der Waals surface area contributed by atoms with Crippen LogP contribution in [-0.2, 0) is 9.59 Å². The van der Waals surface area contributed by atoms with Crippen molar-refractivity contribution in [1.29, 1.82) is 0 Å². The Hall–Kier alpha value is -1.36. The van der Waals surface area contributed by atoms with Gasteiger partial charge in [0, 0.05) is 10.5 Å². The molecule has 1 aliphatic rings. The monoisotopic (exact) mass is 352 g/mol. The summed E-state index contributed by atoms with van der Waals surface area (Å²) in [5, 5.41) is 5.50. The number of amides is 2. The van der Waals surface area contributed by atoms with Crippen LogP contribution < -0.4 is 10.6 Å². The van der Waals surface area contributed by atoms with E-state index in [-0.39, 0.29) is 6.04 Å². The van der Waals surface area contributed by atoms with E-state index in [0.29, 0.717) is 11.6 Å². The number of carbonyl (C=O) groups excluding carboxylic acids is 2. The predicted molar refractivity (Wildman–Crippen MR) is 87.1 cm³/mol. The van der Waals surface area contributed by atoms with E-state index < -0.39 is 11.8 Å². The minimum atomic E-state index is -0.614. The van der Waals surface area contributed by atoms with Crippen LogP contribution in [0.4, 0.5) is 5.69 Å². The zero-order chi connectivity index (χ0) is 15.4. The number of carbonyl (C=O) groups is 2. The standard InChI is InChI=1S/C16H21BrN2O2/c1-10-7-8-14(12(17)9-10)19-16(21)15(20)18-13-6-4-3-5-11(13)2/h7-9,11,13H,3-6H2,1-2H3,(H,18,20)(H,19,21)/t11-,13+/m0/s1. The fourth-order valence-electron chi connectivity index (χ4n) is 2.67. The Kier molecular flexibility index (Phi) is 5.39. The van der Waals surface area contributed by atoms with Gasteiger partial charge in [-0.25, -0.2) is 0 Å². The summed E-state index contributed by atoms with van der Waals surface area (Å²) in [5.74, 6) is -0.736. The molecule has 1 aromatic rings. The topological polar surface area (TPSA) is 58.2 Å². The van der Waals surface area contributed by atoms with Crippen LogP contribution in [0.3, 0.4) is 0 Å². The smallest absolute Gasteiger partial charge is 0.313 e. The molecular weight excluding hydrogens is 332 g/mol. The number of hydrogen-bond donors (Lipinski definition) is 2. The maximum Gasteiger partial charge on any atom is 0.313 e. The van der Waals surface area contributed by atoms with E-state index in [9.17, 15) is 9.59 Å². The summed E-state index contributed by atoms with van der Waals surface area (Å²) < 4.78 is 0.773. The Balaban J connectivity index is 1.94. The zero-order valence-electron chi connectivity index (χ0n) is 12.4. The molecule has 0 aromatic heterocycles. The van der Waals surface area contributed by atoms with Crippen molar-refractivity contribution in [2.75, 3.05) is 5.32 Å². The quantitative estimate of drug-likeness (QED) is 0.801. The maximum atomic E-state index is 12.0. The molecule has 1 aromatic carbocycles. The molecule has 1 saturated carbocycles. The van der Waals surface area contributed by atoms with Gasteiger partial charge in [0.05, 0.1) is 5.69 Å². The molecule has 114 valence electrons. The number of nitrogens with one attached hydrogen (secondary N) is 2. The molecule has 0 bridgehead atoms. The highest BCUT2D eigenvalue weighted by molar-refractivity contribution is 9.10. The third-order valence-corrected chi connectivity index (χ3v) is 4.66. The molecule has 4 nitrogen and oxygen atoms in total. The minimum Gasteiger partial charge on any atom is -0.345 e. The summed E-state index contributed by atoms with van der Waals surface area (Å²) in [4.78, 5) is 24.0. The first kappa shape index (κ1) is 16.0. The molecule has 2 rings (SSSR count). The number of hydrogen-bond acceptors (Lipinski definition) is 2. The average Bonchev–Trinajstić information content (AvgIpc) is 2.44. The molecule has 0 radical (unpaired) electrons. The second-order valence-corrected chi connectivity index (χ2v) is 6.63. The summed E-state index contributed by atoms with van der Waals surface area (Å²) in [6.45, 7) is 4.09. The second kappa shape index (κ2) is 7.07. The lowest BCUT2D eigenvalue weighted by molar-refractivity contribution is -0.137. The highest BCUT2D eigenvalue weighted by Crippen LogP contribution is 2.24. The Bertz CT molecular complexity index is 545. The molecular formula is C16H21BrN2O2. The van der Waals surface area contributed by atoms with Crippen molar-refractivity contribution < 1.29 is 9.59 Å². The molecule has 2 amide bonds.